The third-order valence-corrected chi connectivity index (χ3v) is 3.77. The van der Waals surface area contributed by atoms with E-state index in [9.17, 15) is 4.79 Å². The van der Waals surface area contributed by atoms with Crippen LogP contribution in [0.2, 0.25) is 0 Å². The number of hydrogen-bond donors (Lipinski definition) is 2. The van der Waals surface area contributed by atoms with E-state index in [1.54, 1.807) is 0 Å². The highest BCUT2D eigenvalue weighted by molar-refractivity contribution is 5.79. The molecule has 0 aromatic heterocycles. The lowest BCUT2D eigenvalue weighted by Crippen LogP contribution is -2.38. The van der Waals surface area contributed by atoms with Crippen LogP contribution in [-0.4, -0.2) is 65.1 Å². The average Bonchev–Trinajstić information content (AvgIpc) is 3.10. The Bertz CT molecular complexity index is 358. The summed E-state index contributed by atoms with van der Waals surface area (Å²) in [5, 5.41) is 6.50. The summed E-state index contributed by atoms with van der Waals surface area (Å²) < 4.78 is 15.6. The van der Waals surface area contributed by atoms with Crippen LogP contribution in [0.15, 0.2) is 4.99 Å². The fourth-order valence-corrected chi connectivity index (χ4v) is 2.37. The Hall–Kier alpha value is -1.34. The van der Waals surface area contributed by atoms with E-state index < -0.39 is 0 Å². The Kier molecular flexibility index (Phi) is 12.1. The third kappa shape index (κ3) is 10.4. The molecule has 0 saturated carbocycles. The summed E-state index contributed by atoms with van der Waals surface area (Å²) in [4.78, 5) is 15.6. The number of ether oxygens (including phenoxy) is 3. The monoisotopic (exact) mass is 343 g/mol. The van der Waals surface area contributed by atoms with Gasteiger partial charge in [-0.3, -0.25) is 9.79 Å². The van der Waals surface area contributed by atoms with Crippen LogP contribution in [0.5, 0.6) is 0 Å². The van der Waals surface area contributed by atoms with Crippen LogP contribution >= 0.6 is 0 Å². The largest absolute Gasteiger partial charge is 0.469 e. The Morgan fingerprint density at radius 2 is 2.17 bits per heavy atom. The maximum absolute atomic E-state index is 11.0. The molecule has 0 aromatic rings. The van der Waals surface area contributed by atoms with Crippen molar-refractivity contribution >= 4 is 11.9 Å². The molecule has 0 radical (unpaired) electrons. The minimum absolute atomic E-state index is 0.153. The summed E-state index contributed by atoms with van der Waals surface area (Å²) in [5.41, 5.74) is 0. The minimum atomic E-state index is -0.153. The fraction of sp³-hybridized carbons (Fsp3) is 0.882. The zero-order valence-electron chi connectivity index (χ0n) is 15.1. The molecule has 0 aromatic carbocycles. The summed E-state index contributed by atoms with van der Waals surface area (Å²) in [6.07, 6.45) is 4.22. The van der Waals surface area contributed by atoms with Crippen molar-refractivity contribution in [2.75, 3.05) is 53.2 Å². The molecule has 1 heterocycles. The van der Waals surface area contributed by atoms with Crippen LogP contribution in [0.4, 0.5) is 0 Å². The molecule has 1 rings (SSSR count). The Balaban J connectivity index is 2.04. The lowest BCUT2D eigenvalue weighted by molar-refractivity contribution is -0.140. The summed E-state index contributed by atoms with van der Waals surface area (Å²) in [5.74, 6) is 1.23. The molecular weight excluding hydrogens is 310 g/mol. The van der Waals surface area contributed by atoms with E-state index in [-0.39, 0.29) is 5.97 Å². The second-order valence-corrected chi connectivity index (χ2v) is 5.88. The molecule has 7 nitrogen and oxygen atoms in total. The van der Waals surface area contributed by atoms with Crippen LogP contribution < -0.4 is 10.6 Å². The van der Waals surface area contributed by atoms with E-state index in [0.29, 0.717) is 12.3 Å². The van der Waals surface area contributed by atoms with E-state index in [1.807, 2.05) is 6.92 Å². The summed E-state index contributed by atoms with van der Waals surface area (Å²) in [6, 6.07) is 0. The van der Waals surface area contributed by atoms with Gasteiger partial charge in [-0.1, -0.05) is 0 Å². The minimum Gasteiger partial charge on any atom is -0.469 e. The number of carbonyl (C=O) groups is 1. The van der Waals surface area contributed by atoms with Gasteiger partial charge in [0.15, 0.2) is 5.96 Å². The van der Waals surface area contributed by atoms with Gasteiger partial charge >= 0.3 is 5.97 Å². The van der Waals surface area contributed by atoms with Gasteiger partial charge in [-0.15, -0.1) is 0 Å². The zero-order valence-corrected chi connectivity index (χ0v) is 15.1. The number of carbonyl (C=O) groups excluding carboxylic acids is 1. The van der Waals surface area contributed by atoms with Gasteiger partial charge in [0.05, 0.1) is 20.3 Å². The van der Waals surface area contributed by atoms with Crippen LogP contribution in [0.25, 0.3) is 0 Å². The number of methoxy groups -OCH3 is 1. The third-order valence-electron chi connectivity index (χ3n) is 3.77. The Morgan fingerprint density at radius 3 is 2.88 bits per heavy atom. The first kappa shape index (κ1) is 20.7. The van der Waals surface area contributed by atoms with Crippen LogP contribution in [0.1, 0.15) is 39.0 Å². The molecule has 0 bridgehead atoms. The molecule has 24 heavy (non-hydrogen) atoms. The molecule has 1 aliphatic heterocycles. The molecule has 2 N–H and O–H groups in total. The maximum Gasteiger partial charge on any atom is 0.305 e. The van der Waals surface area contributed by atoms with Crippen molar-refractivity contribution < 1.29 is 19.0 Å². The summed E-state index contributed by atoms with van der Waals surface area (Å²) in [6.45, 7) is 7.63. The van der Waals surface area contributed by atoms with Crippen molar-refractivity contribution in [3.05, 3.63) is 0 Å². The highest BCUT2D eigenvalue weighted by Gasteiger charge is 2.15. The zero-order chi connectivity index (χ0) is 17.5. The van der Waals surface area contributed by atoms with Crippen molar-refractivity contribution in [1.29, 1.82) is 0 Å². The van der Waals surface area contributed by atoms with Crippen LogP contribution in [0.3, 0.4) is 0 Å². The smallest absolute Gasteiger partial charge is 0.305 e. The number of nitrogens with zero attached hydrogens (tertiary/aromatic N) is 1. The van der Waals surface area contributed by atoms with E-state index >= 15 is 0 Å². The SMILES string of the molecule is CCNC(=NCCCOCC1CCOC1)NCCCCC(=O)OC. The second kappa shape index (κ2) is 14.0. The van der Waals surface area contributed by atoms with Gasteiger partial charge in [-0.05, 0) is 32.6 Å². The first-order valence-corrected chi connectivity index (χ1v) is 9.00. The van der Waals surface area contributed by atoms with E-state index in [1.165, 1.54) is 7.11 Å². The quantitative estimate of drug-likeness (QED) is 0.241. The van der Waals surface area contributed by atoms with Crippen LogP contribution in [-0.2, 0) is 19.0 Å². The van der Waals surface area contributed by atoms with Gasteiger partial charge in [0.1, 0.15) is 0 Å². The lowest BCUT2D eigenvalue weighted by atomic mass is 10.1. The standard InChI is InChI=1S/C17H33N3O4/c1-3-18-17(19-9-5-4-7-16(21)22-2)20-10-6-11-23-13-15-8-12-24-14-15/h15H,3-14H2,1-2H3,(H2,18,19,20). The predicted octanol–water partition coefficient (Wildman–Crippen LogP) is 1.33. The van der Waals surface area contributed by atoms with Gasteiger partial charge in [0.25, 0.3) is 0 Å². The van der Waals surface area contributed by atoms with Crippen molar-refractivity contribution in [2.24, 2.45) is 10.9 Å². The maximum atomic E-state index is 11.0. The van der Waals surface area contributed by atoms with E-state index in [0.717, 1.165) is 77.7 Å². The number of hydrogen-bond acceptors (Lipinski definition) is 5. The van der Waals surface area contributed by atoms with Gasteiger partial charge in [-0.2, -0.15) is 0 Å². The molecule has 1 unspecified atom stereocenters. The van der Waals surface area contributed by atoms with Gasteiger partial charge in [-0.25, -0.2) is 0 Å². The number of esters is 1. The predicted molar refractivity (Wildman–Crippen MR) is 94.2 cm³/mol. The topological polar surface area (TPSA) is 81.2 Å². The molecule has 140 valence electrons. The number of guanidine groups is 1. The molecule has 1 saturated heterocycles. The number of aliphatic imine (C=N–C) groups is 1. The summed E-state index contributed by atoms with van der Waals surface area (Å²) >= 11 is 0. The highest BCUT2D eigenvalue weighted by Crippen LogP contribution is 2.12. The van der Waals surface area contributed by atoms with Gasteiger partial charge < -0.3 is 24.8 Å². The van der Waals surface area contributed by atoms with Crippen molar-refractivity contribution in [3.63, 3.8) is 0 Å². The molecule has 1 fully saturated rings. The Morgan fingerprint density at radius 1 is 1.29 bits per heavy atom. The average molecular weight is 343 g/mol. The van der Waals surface area contributed by atoms with E-state index in [2.05, 4.69) is 20.4 Å². The molecule has 7 heteroatoms. The highest BCUT2D eigenvalue weighted by atomic mass is 16.5. The first-order chi connectivity index (χ1) is 11.8. The van der Waals surface area contributed by atoms with Gasteiger partial charge in [0, 0.05) is 45.2 Å². The van der Waals surface area contributed by atoms with Crippen LogP contribution in [0, 0.1) is 5.92 Å². The second-order valence-electron chi connectivity index (χ2n) is 5.88. The van der Waals surface area contributed by atoms with Gasteiger partial charge in [0.2, 0.25) is 0 Å². The molecular formula is C17H33N3O4. The number of rotatable bonds is 12. The number of nitrogens with one attached hydrogen (secondary N) is 2. The lowest BCUT2D eigenvalue weighted by Gasteiger charge is -2.11. The number of unbranched alkanes of at least 4 members (excludes halogenated alkanes) is 1. The fourth-order valence-electron chi connectivity index (χ4n) is 2.37. The molecule has 0 amide bonds. The summed E-state index contributed by atoms with van der Waals surface area (Å²) in [7, 11) is 1.42. The molecule has 1 atom stereocenters. The Labute approximate surface area is 145 Å². The van der Waals surface area contributed by atoms with Crippen molar-refractivity contribution in [2.45, 2.75) is 39.0 Å². The van der Waals surface area contributed by atoms with E-state index in [4.69, 9.17) is 9.47 Å². The molecule has 0 spiro atoms. The first-order valence-electron chi connectivity index (χ1n) is 9.00. The van der Waals surface area contributed by atoms with Crippen molar-refractivity contribution in [1.82, 2.24) is 10.6 Å². The molecule has 1 aliphatic rings. The normalized spacial score (nSPS) is 17.8. The molecule has 0 aliphatic carbocycles. The van der Waals surface area contributed by atoms with Crippen molar-refractivity contribution in [3.8, 4) is 0 Å².